The van der Waals surface area contributed by atoms with Gasteiger partial charge in [-0.25, -0.2) is 4.79 Å². The van der Waals surface area contributed by atoms with E-state index >= 15 is 0 Å². The van der Waals surface area contributed by atoms with Gasteiger partial charge >= 0.3 is 6.03 Å². The molecule has 0 aliphatic heterocycles. The lowest BCUT2D eigenvalue weighted by Crippen LogP contribution is -2.38. The molecule has 0 saturated carbocycles. The fourth-order valence-electron chi connectivity index (χ4n) is 2.15. The third-order valence-corrected chi connectivity index (χ3v) is 3.22. The lowest BCUT2D eigenvalue weighted by Gasteiger charge is -2.16. The standard InChI is InChI=1S/C17H26N4O5/c1-4-25-13-7-6-12(10-14(13)26-5-2)19-16(23)11-21(3)9-8-15(22)20-17(18)24/h6-7,10H,4-5,8-9,11H2,1-3H3,(H,19,23)(H3,18,20,22,24). The Balaban J connectivity index is 2.54. The molecule has 0 fully saturated rings. The minimum atomic E-state index is -0.893. The monoisotopic (exact) mass is 366 g/mol. The highest BCUT2D eigenvalue weighted by molar-refractivity contribution is 5.94. The second-order valence-corrected chi connectivity index (χ2v) is 5.48. The summed E-state index contributed by atoms with van der Waals surface area (Å²) in [6.07, 6.45) is 0.0598. The smallest absolute Gasteiger partial charge is 0.318 e. The van der Waals surface area contributed by atoms with Crippen LogP contribution in [0.4, 0.5) is 10.5 Å². The summed E-state index contributed by atoms with van der Waals surface area (Å²) < 4.78 is 11.0. The minimum Gasteiger partial charge on any atom is -0.490 e. The topological polar surface area (TPSA) is 123 Å². The third kappa shape index (κ3) is 7.84. The van der Waals surface area contributed by atoms with Crippen molar-refractivity contribution in [2.24, 2.45) is 5.73 Å². The van der Waals surface area contributed by atoms with Gasteiger partial charge in [0, 0.05) is 24.7 Å². The van der Waals surface area contributed by atoms with Crippen LogP contribution >= 0.6 is 0 Å². The minimum absolute atomic E-state index is 0.0598. The number of nitrogens with zero attached hydrogens (tertiary/aromatic N) is 1. The molecule has 0 bridgehead atoms. The van der Waals surface area contributed by atoms with Crippen molar-refractivity contribution in [3.8, 4) is 11.5 Å². The van der Waals surface area contributed by atoms with E-state index in [0.717, 1.165) is 0 Å². The number of hydrogen-bond acceptors (Lipinski definition) is 6. The van der Waals surface area contributed by atoms with E-state index in [1.807, 2.05) is 19.2 Å². The van der Waals surface area contributed by atoms with E-state index in [4.69, 9.17) is 15.2 Å². The molecule has 1 rings (SSSR count). The number of rotatable bonds is 10. The largest absolute Gasteiger partial charge is 0.490 e. The maximum absolute atomic E-state index is 12.1. The Morgan fingerprint density at radius 3 is 2.35 bits per heavy atom. The number of hydrogen-bond donors (Lipinski definition) is 3. The highest BCUT2D eigenvalue weighted by Crippen LogP contribution is 2.30. The molecule has 1 aromatic carbocycles. The van der Waals surface area contributed by atoms with Gasteiger partial charge in [0.05, 0.1) is 19.8 Å². The molecule has 0 saturated heterocycles. The zero-order valence-electron chi connectivity index (χ0n) is 15.3. The number of carbonyl (C=O) groups excluding carboxylic acids is 3. The Kier molecular flexibility index (Phi) is 8.93. The van der Waals surface area contributed by atoms with Crippen LogP contribution in [0.3, 0.4) is 0 Å². The zero-order valence-corrected chi connectivity index (χ0v) is 15.3. The van der Waals surface area contributed by atoms with E-state index in [9.17, 15) is 14.4 Å². The van der Waals surface area contributed by atoms with Gasteiger partial charge < -0.3 is 20.5 Å². The molecule has 4 amide bonds. The van der Waals surface area contributed by atoms with Crippen LogP contribution in [0.1, 0.15) is 20.3 Å². The molecule has 26 heavy (non-hydrogen) atoms. The number of amides is 4. The van der Waals surface area contributed by atoms with E-state index in [1.54, 1.807) is 30.1 Å². The number of urea groups is 1. The fraction of sp³-hybridized carbons (Fsp3) is 0.471. The number of nitrogens with two attached hydrogens (primary N) is 1. The third-order valence-electron chi connectivity index (χ3n) is 3.22. The molecule has 0 aromatic heterocycles. The van der Waals surface area contributed by atoms with E-state index in [2.05, 4.69) is 5.32 Å². The van der Waals surface area contributed by atoms with Crippen LogP contribution in [0.2, 0.25) is 0 Å². The number of likely N-dealkylation sites (N-methyl/N-ethyl adjacent to an activating group) is 1. The molecule has 0 aliphatic rings. The predicted molar refractivity (Wildman–Crippen MR) is 97.2 cm³/mol. The molecule has 144 valence electrons. The van der Waals surface area contributed by atoms with Gasteiger partial charge in [0.1, 0.15) is 0 Å². The molecule has 1 aromatic rings. The summed E-state index contributed by atoms with van der Waals surface area (Å²) in [5.74, 6) is 0.445. The maximum Gasteiger partial charge on any atom is 0.318 e. The number of imide groups is 1. The normalized spacial score (nSPS) is 10.3. The first-order valence-electron chi connectivity index (χ1n) is 8.33. The zero-order chi connectivity index (χ0) is 19.5. The van der Waals surface area contributed by atoms with Crippen LogP contribution in [0.15, 0.2) is 18.2 Å². The van der Waals surface area contributed by atoms with Crippen molar-refractivity contribution in [2.75, 3.05) is 38.7 Å². The molecule has 4 N–H and O–H groups in total. The van der Waals surface area contributed by atoms with Gasteiger partial charge in [0.2, 0.25) is 11.8 Å². The number of anilines is 1. The second-order valence-electron chi connectivity index (χ2n) is 5.48. The summed E-state index contributed by atoms with van der Waals surface area (Å²) >= 11 is 0. The first-order valence-corrected chi connectivity index (χ1v) is 8.33. The van der Waals surface area contributed by atoms with Crippen molar-refractivity contribution in [1.82, 2.24) is 10.2 Å². The number of ether oxygens (including phenoxy) is 2. The van der Waals surface area contributed by atoms with Gasteiger partial charge in [-0.15, -0.1) is 0 Å². The summed E-state index contributed by atoms with van der Waals surface area (Å²) in [4.78, 5) is 35.7. The van der Waals surface area contributed by atoms with Crippen molar-refractivity contribution in [2.45, 2.75) is 20.3 Å². The molecule has 0 radical (unpaired) electrons. The van der Waals surface area contributed by atoms with Crippen molar-refractivity contribution in [1.29, 1.82) is 0 Å². The van der Waals surface area contributed by atoms with Gasteiger partial charge in [0.15, 0.2) is 11.5 Å². The van der Waals surface area contributed by atoms with Crippen LogP contribution in [-0.2, 0) is 9.59 Å². The molecule has 0 unspecified atom stereocenters. The summed E-state index contributed by atoms with van der Waals surface area (Å²) in [6, 6.07) is 4.27. The van der Waals surface area contributed by atoms with Crippen LogP contribution in [0.5, 0.6) is 11.5 Å². The molecule has 0 aliphatic carbocycles. The quantitative estimate of drug-likeness (QED) is 0.566. The van der Waals surface area contributed by atoms with Gasteiger partial charge in [-0.05, 0) is 33.0 Å². The lowest BCUT2D eigenvalue weighted by atomic mass is 10.2. The van der Waals surface area contributed by atoms with Crippen LogP contribution in [0.25, 0.3) is 0 Å². The molecular formula is C17H26N4O5. The first-order chi connectivity index (χ1) is 12.3. The predicted octanol–water partition coefficient (Wildman–Crippen LogP) is 0.939. The number of primary amides is 1. The summed E-state index contributed by atoms with van der Waals surface area (Å²) in [7, 11) is 1.70. The maximum atomic E-state index is 12.1. The summed E-state index contributed by atoms with van der Waals surface area (Å²) in [5.41, 5.74) is 5.45. The van der Waals surface area contributed by atoms with Crippen molar-refractivity contribution in [3.05, 3.63) is 18.2 Å². The fourth-order valence-corrected chi connectivity index (χ4v) is 2.15. The Hall–Kier alpha value is -2.81. The Bertz CT molecular complexity index is 636. The molecule has 0 heterocycles. The Morgan fingerprint density at radius 1 is 1.08 bits per heavy atom. The molecular weight excluding hydrogens is 340 g/mol. The second kappa shape index (κ2) is 10.9. The van der Waals surface area contributed by atoms with Gasteiger partial charge in [0.25, 0.3) is 0 Å². The van der Waals surface area contributed by atoms with Gasteiger partial charge in [-0.3, -0.25) is 19.8 Å². The summed E-state index contributed by atoms with van der Waals surface area (Å²) in [5, 5.41) is 4.74. The van der Waals surface area contributed by atoms with E-state index in [1.165, 1.54) is 0 Å². The molecule has 9 nitrogen and oxygen atoms in total. The summed E-state index contributed by atoms with van der Waals surface area (Å²) in [6.45, 7) is 5.13. The van der Waals surface area contributed by atoms with Crippen LogP contribution in [0, 0.1) is 0 Å². The van der Waals surface area contributed by atoms with E-state index < -0.39 is 11.9 Å². The number of carbonyl (C=O) groups is 3. The SMILES string of the molecule is CCOc1ccc(NC(=O)CN(C)CCC(=O)NC(N)=O)cc1OCC. The average molecular weight is 366 g/mol. The van der Waals surface area contributed by atoms with Crippen LogP contribution < -0.4 is 25.8 Å². The van der Waals surface area contributed by atoms with Crippen molar-refractivity contribution < 1.29 is 23.9 Å². The average Bonchev–Trinajstić information content (AvgIpc) is 2.55. The molecule has 0 spiro atoms. The highest BCUT2D eigenvalue weighted by atomic mass is 16.5. The van der Waals surface area contributed by atoms with Crippen molar-refractivity contribution >= 4 is 23.5 Å². The van der Waals surface area contributed by atoms with Gasteiger partial charge in [-0.2, -0.15) is 0 Å². The Morgan fingerprint density at radius 2 is 1.73 bits per heavy atom. The van der Waals surface area contributed by atoms with Gasteiger partial charge in [-0.1, -0.05) is 0 Å². The lowest BCUT2D eigenvalue weighted by molar-refractivity contribution is -0.121. The number of benzene rings is 1. The Labute approximate surface area is 152 Å². The van der Waals surface area contributed by atoms with E-state index in [-0.39, 0.29) is 18.9 Å². The van der Waals surface area contributed by atoms with E-state index in [0.29, 0.717) is 36.9 Å². The highest BCUT2D eigenvalue weighted by Gasteiger charge is 2.12. The van der Waals surface area contributed by atoms with Crippen molar-refractivity contribution in [3.63, 3.8) is 0 Å². The van der Waals surface area contributed by atoms with Crippen LogP contribution in [-0.4, -0.2) is 56.1 Å². The molecule has 0 atom stereocenters. The first kappa shape index (κ1) is 21.2. The molecule has 9 heteroatoms. The number of nitrogens with one attached hydrogen (secondary N) is 2.